The number of hydrogen-bond acceptors (Lipinski definition) is 1. The molecule has 1 aromatic rings. The smallest absolute Gasteiger partial charge is 0.0683 e. The predicted molar refractivity (Wildman–Crippen MR) is 83.4 cm³/mol. The fourth-order valence-electron chi connectivity index (χ4n) is 2.28. The maximum atomic E-state index is 4.51. The number of allylic oxidation sites excluding steroid dienone is 3. The zero-order chi connectivity index (χ0) is 13.7. The molecule has 100 valence electrons. The minimum absolute atomic E-state index is 1.07. The van der Waals surface area contributed by atoms with Crippen molar-refractivity contribution in [2.75, 3.05) is 0 Å². The molecule has 0 atom stereocenters. The second-order valence-electron chi connectivity index (χ2n) is 5.08. The van der Waals surface area contributed by atoms with Crippen molar-refractivity contribution in [1.82, 2.24) is 4.98 Å². The van der Waals surface area contributed by atoms with Crippen LogP contribution in [0.4, 0.5) is 0 Å². The number of nitrogens with one attached hydrogen (secondary N) is 1. The number of rotatable bonds is 6. The van der Waals surface area contributed by atoms with Crippen LogP contribution < -0.4 is 0 Å². The SMILES string of the molecule is C=CCCCCc1ccc(/C=C2\N=C(C)C=C2C)[nH]1. The Labute approximate surface area is 115 Å². The van der Waals surface area contributed by atoms with Gasteiger partial charge in [-0.3, -0.25) is 4.99 Å². The van der Waals surface area contributed by atoms with Crippen LogP contribution in [0.2, 0.25) is 0 Å². The molecule has 19 heavy (non-hydrogen) atoms. The zero-order valence-electron chi connectivity index (χ0n) is 11.9. The molecule has 2 rings (SSSR count). The topological polar surface area (TPSA) is 28.1 Å². The lowest BCUT2D eigenvalue weighted by Gasteiger charge is -1.97. The molecule has 1 aliphatic heterocycles. The first kappa shape index (κ1) is 13.6. The van der Waals surface area contributed by atoms with E-state index < -0.39 is 0 Å². The molecule has 0 bridgehead atoms. The van der Waals surface area contributed by atoms with Crippen LogP contribution in [0, 0.1) is 0 Å². The van der Waals surface area contributed by atoms with E-state index in [4.69, 9.17) is 0 Å². The van der Waals surface area contributed by atoms with Gasteiger partial charge in [0.25, 0.3) is 0 Å². The van der Waals surface area contributed by atoms with E-state index in [-0.39, 0.29) is 0 Å². The van der Waals surface area contributed by atoms with E-state index in [0.29, 0.717) is 0 Å². The molecular formula is C17H22N2. The number of aliphatic imine (C=N–C) groups is 1. The fraction of sp³-hybridized carbons (Fsp3) is 0.353. The molecule has 0 spiro atoms. The normalized spacial score (nSPS) is 16.6. The molecule has 1 N–H and O–H groups in total. The summed E-state index contributed by atoms with van der Waals surface area (Å²) in [5.74, 6) is 0. The van der Waals surface area contributed by atoms with E-state index in [1.54, 1.807) is 0 Å². The number of unbranched alkanes of at least 4 members (excludes halogenated alkanes) is 2. The second kappa shape index (κ2) is 6.37. The van der Waals surface area contributed by atoms with Gasteiger partial charge < -0.3 is 4.98 Å². The van der Waals surface area contributed by atoms with Gasteiger partial charge in [0.05, 0.1) is 5.70 Å². The van der Waals surface area contributed by atoms with Crippen LogP contribution in [-0.4, -0.2) is 10.7 Å². The predicted octanol–water partition coefficient (Wildman–Crippen LogP) is 4.68. The van der Waals surface area contributed by atoms with Crippen LogP contribution >= 0.6 is 0 Å². The Hall–Kier alpha value is -1.83. The van der Waals surface area contributed by atoms with Crippen LogP contribution in [0.5, 0.6) is 0 Å². The van der Waals surface area contributed by atoms with Gasteiger partial charge in [0.1, 0.15) is 0 Å². The number of aromatic amines is 1. The van der Waals surface area contributed by atoms with Gasteiger partial charge >= 0.3 is 0 Å². The Morgan fingerprint density at radius 1 is 1.26 bits per heavy atom. The molecule has 1 aromatic heterocycles. The number of hydrogen-bond donors (Lipinski definition) is 1. The first-order valence-corrected chi connectivity index (χ1v) is 6.93. The minimum Gasteiger partial charge on any atom is -0.359 e. The van der Waals surface area contributed by atoms with Crippen molar-refractivity contribution in [3.63, 3.8) is 0 Å². The highest BCUT2D eigenvalue weighted by molar-refractivity contribution is 5.98. The van der Waals surface area contributed by atoms with Gasteiger partial charge in [-0.25, -0.2) is 0 Å². The highest BCUT2D eigenvalue weighted by Crippen LogP contribution is 2.21. The van der Waals surface area contributed by atoms with Gasteiger partial charge in [0, 0.05) is 17.1 Å². The molecule has 0 fully saturated rings. The average molecular weight is 254 g/mol. The largest absolute Gasteiger partial charge is 0.359 e. The molecule has 0 aliphatic carbocycles. The van der Waals surface area contributed by atoms with E-state index in [1.165, 1.54) is 24.1 Å². The Morgan fingerprint density at radius 3 is 2.79 bits per heavy atom. The third-order valence-electron chi connectivity index (χ3n) is 3.29. The van der Waals surface area contributed by atoms with Gasteiger partial charge in [-0.05, 0) is 69.4 Å². The molecule has 2 heterocycles. The van der Waals surface area contributed by atoms with Crippen molar-refractivity contribution in [3.8, 4) is 0 Å². The van der Waals surface area contributed by atoms with E-state index >= 15 is 0 Å². The number of aryl methyl sites for hydroxylation is 1. The summed E-state index contributed by atoms with van der Waals surface area (Å²) in [6.45, 7) is 7.88. The maximum Gasteiger partial charge on any atom is 0.0683 e. The van der Waals surface area contributed by atoms with Crippen molar-refractivity contribution in [2.24, 2.45) is 4.99 Å². The fourth-order valence-corrected chi connectivity index (χ4v) is 2.28. The number of H-pyrrole nitrogens is 1. The van der Waals surface area contributed by atoms with Gasteiger partial charge in [0.2, 0.25) is 0 Å². The Balaban J connectivity index is 1.96. The van der Waals surface area contributed by atoms with E-state index in [0.717, 1.165) is 29.9 Å². The van der Waals surface area contributed by atoms with Crippen LogP contribution in [0.25, 0.3) is 6.08 Å². The minimum atomic E-state index is 1.07. The lowest BCUT2D eigenvalue weighted by molar-refractivity contribution is 0.738. The summed E-state index contributed by atoms with van der Waals surface area (Å²) < 4.78 is 0. The van der Waals surface area contributed by atoms with Gasteiger partial charge in [-0.15, -0.1) is 6.58 Å². The van der Waals surface area contributed by atoms with Gasteiger partial charge in [-0.2, -0.15) is 0 Å². The summed E-state index contributed by atoms with van der Waals surface area (Å²) in [6.07, 6.45) is 10.9. The molecule has 0 saturated carbocycles. The van der Waals surface area contributed by atoms with Gasteiger partial charge in [0.15, 0.2) is 0 Å². The van der Waals surface area contributed by atoms with Crippen LogP contribution in [0.3, 0.4) is 0 Å². The first-order valence-electron chi connectivity index (χ1n) is 6.93. The molecule has 2 nitrogen and oxygen atoms in total. The molecule has 2 heteroatoms. The van der Waals surface area contributed by atoms with Crippen LogP contribution in [-0.2, 0) is 6.42 Å². The summed E-state index contributed by atoms with van der Waals surface area (Å²) >= 11 is 0. The molecular weight excluding hydrogens is 232 g/mol. The number of aromatic nitrogens is 1. The second-order valence-corrected chi connectivity index (χ2v) is 5.08. The van der Waals surface area contributed by atoms with Crippen LogP contribution in [0.1, 0.15) is 44.5 Å². The number of nitrogens with zero attached hydrogens (tertiary/aromatic N) is 1. The summed E-state index contributed by atoms with van der Waals surface area (Å²) in [7, 11) is 0. The monoisotopic (exact) mass is 254 g/mol. The average Bonchev–Trinajstić information content (AvgIpc) is 2.93. The summed E-state index contributed by atoms with van der Waals surface area (Å²) in [5, 5.41) is 0. The van der Waals surface area contributed by atoms with Crippen LogP contribution in [0.15, 0.2) is 47.1 Å². The summed E-state index contributed by atoms with van der Waals surface area (Å²) in [5.41, 5.74) is 5.83. The highest BCUT2D eigenvalue weighted by atomic mass is 14.8. The Bertz CT molecular complexity index is 541. The van der Waals surface area contributed by atoms with Crippen molar-refractivity contribution in [1.29, 1.82) is 0 Å². The lowest BCUT2D eigenvalue weighted by atomic mass is 10.1. The first-order chi connectivity index (χ1) is 9.19. The summed E-state index contributed by atoms with van der Waals surface area (Å²) in [6, 6.07) is 4.30. The van der Waals surface area contributed by atoms with Crippen molar-refractivity contribution >= 4 is 11.8 Å². The van der Waals surface area contributed by atoms with Crippen molar-refractivity contribution in [3.05, 3.63) is 53.5 Å². The van der Waals surface area contributed by atoms with Crippen molar-refractivity contribution < 1.29 is 0 Å². The lowest BCUT2D eigenvalue weighted by Crippen LogP contribution is -1.86. The standard InChI is InChI=1S/C17H22N2/c1-4-5-6-7-8-15-9-10-16(19-15)12-17-13(2)11-14(3)18-17/h4,9-12,19H,1,5-8H2,2-3H3/b17-12-. The molecule has 0 saturated heterocycles. The van der Waals surface area contributed by atoms with Gasteiger partial charge in [-0.1, -0.05) is 6.08 Å². The van der Waals surface area contributed by atoms with Crippen molar-refractivity contribution in [2.45, 2.75) is 39.5 Å². The third-order valence-corrected chi connectivity index (χ3v) is 3.29. The summed E-state index contributed by atoms with van der Waals surface area (Å²) in [4.78, 5) is 7.97. The highest BCUT2D eigenvalue weighted by Gasteiger charge is 2.07. The zero-order valence-corrected chi connectivity index (χ0v) is 11.9. The quantitative estimate of drug-likeness (QED) is 0.564. The molecule has 0 aromatic carbocycles. The molecule has 1 aliphatic rings. The van der Waals surface area contributed by atoms with E-state index in [9.17, 15) is 0 Å². The molecule has 0 unspecified atom stereocenters. The Kier molecular flexibility index (Phi) is 4.56. The third kappa shape index (κ3) is 3.82. The van der Waals surface area contributed by atoms with E-state index in [2.05, 4.69) is 47.8 Å². The Morgan fingerprint density at radius 2 is 2.11 bits per heavy atom. The maximum absolute atomic E-state index is 4.51. The van der Waals surface area contributed by atoms with E-state index in [1.807, 2.05) is 13.0 Å². The molecule has 0 amide bonds. The molecule has 0 radical (unpaired) electrons.